The number of carbonyl (C=O) groups excluding carboxylic acids is 1. The summed E-state index contributed by atoms with van der Waals surface area (Å²) in [4.78, 5) is 22.8. The van der Waals surface area contributed by atoms with E-state index in [-0.39, 0.29) is 23.3 Å². The number of rotatable bonds is 1. The highest BCUT2D eigenvalue weighted by Crippen LogP contribution is 2.55. The number of aromatic amines is 1. The first-order valence-electron chi connectivity index (χ1n) is 10.1. The maximum Gasteiger partial charge on any atom is 0.254 e. The number of fused-ring (bicyclic) bond motifs is 5. The standard InChI is InChI=1S/C23H24N4O/c1-14-21-11-17-9-15(12-24)3-5-18(17)23(14,2)7-8-27(21)22(28)16-4-6-19-20(10-16)26-13-25-19/h4-6,9-10,13-15,21H,3,7-8,11H2,1-2H3,(H,25,26)/t14-,15?,21?,23+/m0/s1. The predicted octanol–water partition coefficient (Wildman–Crippen LogP) is 4.22. The Morgan fingerprint density at radius 1 is 1.43 bits per heavy atom. The van der Waals surface area contributed by atoms with E-state index in [0.29, 0.717) is 11.5 Å². The molecular weight excluding hydrogens is 348 g/mol. The molecule has 1 N–H and O–H groups in total. The number of allylic oxidation sites excluding steroid dienone is 3. The van der Waals surface area contributed by atoms with Gasteiger partial charge in [-0.1, -0.05) is 26.0 Å². The molecule has 5 rings (SSSR count). The van der Waals surface area contributed by atoms with E-state index in [4.69, 9.17) is 0 Å². The van der Waals surface area contributed by atoms with Crippen molar-refractivity contribution < 1.29 is 4.79 Å². The van der Waals surface area contributed by atoms with E-state index in [1.807, 2.05) is 18.2 Å². The van der Waals surface area contributed by atoms with E-state index in [1.165, 1.54) is 11.1 Å². The van der Waals surface area contributed by atoms with Crippen molar-refractivity contribution in [3.8, 4) is 6.07 Å². The summed E-state index contributed by atoms with van der Waals surface area (Å²) in [6.45, 7) is 5.41. The molecule has 1 saturated carbocycles. The summed E-state index contributed by atoms with van der Waals surface area (Å²) < 4.78 is 0. The van der Waals surface area contributed by atoms with Crippen molar-refractivity contribution in [3.63, 3.8) is 0 Å². The molecule has 0 spiro atoms. The summed E-state index contributed by atoms with van der Waals surface area (Å²) in [6, 6.07) is 8.25. The van der Waals surface area contributed by atoms with Crippen LogP contribution in [0.15, 0.2) is 47.8 Å². The Morgan fingerprint density at radius 2 is 2.29 bits per heavy atom. The van der Waals surface area contributed by atoms with Crippen molar-refractivity contribution in [2.24, 2.45) is 17.3 Å². The molecule has 142 valence electrons. The minimum Gasteiger partial charge on any atom is -0.345 e. The van der Waals surface area contributed by atoms with Crippen molar-refractivity contribution in [3.05, 3.63) is 53.4 Å². The van der Waals surface area contributed by atoms with Crippen LogP contribution in [0.1, 0.15) is 43.5 Å². The van der Waals surface area contributed by atoms with Crippen LogP contribution in [0, 0.1) is 28.6 Å². The second kappa shape index (κ2) is 6.07. The fourth-order valence-electron chi connectivity index (χ4n) is 5.46. The van der Waals surface area contributed by atoms with Gasteiger partial charge in [0.05, 0.1) is 29.3 Å². The molecule has 2 unspecified atom stereocenters. The molecule has 2 fully saturated rings. The van der Waals surface area contributed by atoms with Gasteiger partial charge in [-0.15, -0.1) is 0 Å². The monoisotopic (exact) mass is 372 g/mol. The van der Waals surface area contributed by atoms with Crippen LogP contribution in [0.5, 0.6) is 0 Å². The van der Waals surface area contributed by atoms with Crippen LogP contribution in [0.25, 0.3) is 11.0 Å². The number of piperidine rings is 1. The summed E-state index contributed by atoms with van der Waals surface area (Å²) in [5.74, 6) is 0.447. The van der Waals surface area contributed by atoms with Gasteiger partial charge in [-0.25, -0.2) is 4.98 Å². The molecule has 0 radical (unpaired) electrons. The summed E-state index contributed by atoms with van der Waals surface area (Å²) in [5, 5.41) is 9.36. The number of benzene rings is 1. The number of likely N-dealkylation sites (tertiary alicyclic amines) is 1. The van der Waals surface area contributed by atoms with Gasteiger partial charge in [0.2, 0.25) is 0 Å². The first-order valence-corrected chi connectivity index (χ1v) is 10.1. The van der Waals surface area contributed by atoms with Gasteiger partial charge < -0.3 is 9.88 Å². The van der Waals surface area contributed by atoms with E-state index < -0.39 is 0 Å². The Morgan fingerprint density at radius 3 is 3.11 bits per heavy atom. The van der Waals surface area contributed by atoms with Crippen molar-refractivity contribution in [2.45, 2.75) is 39.2 Å². The van der Waals surface area contributed by atoms with Crippen LogP contribution in [-0.2, 0) is 0 Å². The van der Waals surface area contributed by atoms with Crippen molar-refractivity contribution in [2.75, 3.05) is 6.54 Å². The fourth-order valence-corrected chi connectivity index (χ4v) is 5.46. The normalized spacial score (nSPS) is 31.6. The Hall–Kier alpha value is -2.87. The number of H-pyrrole nitrogens is 1. The molecule has 1 aliphatic heterocycles. The lowest BCUT2D eigenvalue weighted by Crippen LogP contribution is -2.58. The van der Waals surface area contributed by atoms with Gasteiger partial charge in [0, 0.05) is 18.2 Å². The third kappa shape index (κ3) is 2.37. The van der Waals surface area contributed by atoms with Crippen LogP contribution in [0.2, 0.25) is 0 Å². The minimum atomic E-state index is -0.0385. The van der Waals surface area contributed by atoms with Gasteiger partial charge in [0.15, 0.2) is 0 Å². The van der Waals surface area contributed by atoms with Gasteiger partial charge in [-0.3, -0.25) is 4.79 Å². The minimum absolute atomic E-state index is 0.0385. The zero-order chi connectivity index (χ0) is 19.5. The topological polar surface area (TPSA) is 72.8 Å². The number of carbonyl (C=O) groups is 1. The SMILES string of the molecule is C[C@H]1C2CC3=CC(C#N)CC=C3[C@]1(C)CCN2C(=O)c1ccc2nc[nH]c2c1. The molecule has 3 aliphatic rings. The molecule has 2 aliphatic carbocycles. The first kappa shape index (κ1) is 17.2. The van der Waals surface area contributed by atoms with Gasteiger partial charge in [0.1, 0.15) is 0 Å². The summed E-state index contributed by atoms with van der Waals surface area (Å²) >= 11 is 0. The average molecular weight is 372 g/mol. The van der Waals surface area contributed by atoms with Crippen molar-refractivity contribution >= 4 is 16.9 Å². The van der Waals surface area contributed by atoms with Crippen molar-refractivity contribution in [1.29, 1.82) is 5.26 Å². The number of hydrogen-bond acceptors (Lipinski definition) is 3. The Bertz CT molecular complexity index is 1070. The van der Waals surface area contributed by atoms with Gasteiger partial charge in [-0.2, -0.15) is 5.26 Å². The molecule has 1 aromatic heterocycles. The molecule has 1 aromatic carbocycles. The lowest BCUT2D eigenvalue weighted by Gasteiger charge is -2.56. The zero-order valence-electron chi connectivity index (χ0n) is 16.3. The average Bonchev–Trinajstić information content (AvgIpc) is 3.17. The fraction of sp³-hybridized carbons (Fsp3) is 0.435. The van der Waals surface area contributed by atoms with Crippen LogP contribution < -0.4 is 0 Å². The number of nitrogens with zero attached hydrogens (tertiary/aromatic N) is 3. The molecule has 4 atom stereocenters. The predicted molar refractivity (Wildman–Crippen MR) is 107 cm³/mol. The molecule has 2 heterocycles. The Balaban J connectivity index is 1.50. The number of nitriles is 1. The van der Waals surface area contributed by atoms with Gasteiger partial charge in [0.25, 0.3) is 5.91 Å². The van der Waals surface area contributed by atoms with Gasteiger partial charge in [-0.05, 0) is 59.9 Å². The smallest absolute Gasteiger partial charge is 0.254 e. The van der Waals surface area contributed by atoms with Crippen molar-refractivity contribution in [1.82, 2.24) is 14.9 Å². The molecule has 1 saturated heterocycles. The molecule has 1 amide bonds. The zero-order valence-corrected chi connectivity index (χ0v) is 16.3. The first-order chi connectivity index (χ1) is 13.5. The quantitative estimate of drug-likeness (QED) is 0.814. The second-order valence-electron chi connectivity index (χ2n) is 8.64. The van der Waals surface area contributed by atoms with E-state index in [1.54, 1.807) is 6.33 Å². The van der Waals surface area contributed by atoms with Crippen LogP contribution in [0.3, 0.4) is 0 Å². The molecule has 2 aromatic rings. The van der Waals surface area contributed by atoms with Crippen LogP contribution in [0.4, 0.5) is 0 Å². The lowest BCUT2D eigenvalue weighted by molar-refractivity contribution is 0.01000. The summed E-state index contributed by atoms with van der Waals surface area (Å²) in [7, 11) is 0. The number of hydrogen-bond donors (Lipinski definition) is 1. The highest BCUT2D eigenvalue weighted by Gasteiger charge is 2.51. The van der Waals surface area contributed by atoms with E-state index >= 15 is 0 Å². The van der Waals surface area contributed by atoms with E-state index in [2.05, 4.69) is 46.9 Å². The van der Waals surface area contributed by atoms with Crippen LogP contribution in [-0.4, -0.2) is 33.4 Å². The molecule has 5 nitrogen and oxygen atoms in total. The van der Waals surface area contributed by atoms with Gasteiger partial charge >= 0.3 is 0 Å². The van der Waals surface area contributed by atoms with E-state index in [0.717, 1.165) is 36.8 Å². The second-order valence-corrected chi connectivity index (χ2v) is 8.64. The van der Waals surface area contributed by atoms with Crippen LogP contribution >= 0.6 is 0 Å². The molecule has 2 bridgehead atoms. The lowest BCUT2D eigenvalue weighted by atomic mass is 9.56. The molecular formula is C23H24N4O. The van der Waals surface area contributed by atoms with E-state index in [9.17, 15) is 10.1 Å². The largest absolute Gasteiger partial charge is 0.345 e. The number of nitrogens with one attached hydrogen (secondary N) is 1. The highest BCUT2D eigenvalue weighted by atomic mass is 16.2. The third-order valence-corrected chi connectivity index (χ3v) is 7.32. The third-order valence-electron chi connectivity index (χ3n) is 7.32. The highest BCUT2D eigenvalue weighted by molar-refractivity contribution is 5.97. The number of amides is 1. The molecule has 5 heteroatoms. The maximum atomic E-state index is 13.4. The Labute approximate surface area is 164 Å². The summed E-state index contributed by atoms with van der Waals surface area (Å²) in [6.07, 6.45) is 8.72. The maximum absolute atomic E-state index is 13.4. The Kier molecular flexibility index (Phi) is 3.74. The number of imidazole rings is 1. The summed E-state index contributed by atoms with van der Waals surface area (Å²) in [5.41, 5.74) is 5.26. The number of aromatic nitrogens is 2. The molecule has 28 heavy (non-hydrogen) atoms.